The van der Waals surface area contributed by atoms with E-state index < -0.39 is 0 Å². The van der Waals surface area contributed by atoms with Crippen molar-refractivity contribution < 1.29 is 14.3 Å². The summed E-state index contributed by atoms with van der Waals surface area (Å²) in [5, 5.41) is 2.30. The maximum absolute atomic E-state index is 11.6. The highest BCUT2D eigenvalue weighted by Crippen LogP contribution is 2.36. The number of hydrogen-bond acceptors (Lipinski definition) is 4. The van der Waals surface area contributed by atoms with Crippen LogP contribution in [0.2, 0.25) is 0 Å². The highest BCUT2D eigenvalue weighted by atomic mass is 16.5. The minimum Gasteiger partial charge on any atom is -0.469 e. The molecule has 0 aliphatic carbocycles. The van der Waals surface area contributed by atoms with E-state index in [-0.39, 0.29) is 5.97 Å². The van der Waals surface area contributed by atoms with Gasteiger partial charge >= 0.3 is 5.97 Å². The van der Waals surface area contributed by atoms with E-state index in [1.165, 1.54) is 12.5 Å². The van der Waals surface area contributed by atoms with E-state index in [9.17, 15) is 4.79 Å². The molecular formula is C25H24N2O3. The molecule has 1 heterocycles. The van der Waals surface area contributed by atoms with E-state index in [1.807, 2.05) is 42.0 Å². The summed E-state index contributed by atoms with van der Waals surface area (Å²) in [4.78, 5) is 15.8. The average Bonchev–Trinajstić information content (AvgIpc) is 3.31. The average molecular weight is 400 g/mol. The van der Waals surface area contributed by atoms with Crippen molar-refractivity contribution in [2.75, 3.05) is 7.11 Å². The summed E-state index contributed by atoms with van der Waals surface area (Å²) in [6.07, 6.45) is 6.33. The number of carbonyl (C=O) groups excluding carboxylic acids is 1. The molecule has 0 radical (unpaired) electrons. The lowest BCUT2D eigenvalue weighted by molar-refractivity contribution is -0.140. The van der Waals surface area contributed by atoms with Crippen LogP contribution in [0.1, 0.15) is 23.1 Å². The number of benzene rings is 3. The smallest absolute Gasteiger partial charge is 0.305 e. The molecule has 0 amide bonds. The van der Waals surface area contributed by atoms with Gasteiger partial charge in [-0.3, -0.25) is 4.79 Å². The number of carbonyl (C=O) groups is 1. The summed E-state index contributed by atoms with van der Waals surface area (Å²) in [5.41, 5.74) is 4.13. The molecular weight excluding hydrogens is 376 g/mol. The fourth-order valence-electron chi connectivity index (χ4n) is 3.61. The van der Waals surface area contributed by atoms with Gasteiger partial charge in [-0.15, -0.1) is 0 Å². The molecule has 5 heteroatoms. The number of fused-ring (bicyclic) bond motifs is 1. The fraction of sp³-hybridized carbons (Fsp3) is 0.200. The highest BCUT2D eigenvalue weighted by molar-refractivity contribution is 5.83. The van der Waals surface area contributed by atoms with Crippen molar-refractivity contribution in [1.82, 2.24) is 9.55 Å². The SMILES string of the molecule is COC(=O)CCc1cc(-n2ccnc2)c(Oc2ccc3ccccc3c2)c(C)c1C. The number of imidazole rings is 1. The van der Waals surface area contributed by atoms with Crippen LogP contribution in [-0.2, 0) is 16.0 Å². The van der Waals surface area contributed by atoms with Crippen molar-refractivity contribution in [1.29, 1.82) is 0 Å². The first-order valence-electron chi connectivity index (χ1n) is 9.91. The zero-order valence-electron chi connectivity index (χ0n) is 17.4. The van der Waals surface area contributed by atoms with Gasteiger partial charge in [0.15, 0.2) is 5.75 Å². The molecule has 0 spiro atoms. The summed E-state index contributed by atoms with van der Waals surface area (Å²) in [7, 11) is 1.41. The van der Waals surface area contributed by atoms with Crippen molar-refractivity contribution in [3.8, 4) is 17.2 Å². The molecule has 152 valence electrons. The third kappa shape index (κ3) is 3.92. The Balaban J connectivity index is 1.77. The number of hydrogen-bond donors (Lipinski definition) is 0. The van der Waals surface area contributed by atoms with Crippen LogP contribution < -0.4 is 4.74 Å². The quantitative estimate of drug-likeness (QED) is 0.399. The molecule has 0 N–H and O–H groups in total. The molecule has 1 aromatic heterocycles. The van der Waals surface area contributed by atoms with Crippen LogP contribution in [0.5, 0.6) is 11.5 Å². The Kier molecular flexibility index (Phi) is 5.53. The molecule has 0 atom stereocenters. The third-order valence-corrected chi connectivity index (χ3v) is 5.48. The number of aromatic nitrogens is 2. The van der Waals surface area contributed by atoms with Crippen LogP contribution in [0.25, 0.3) is 16.5 Å². The van der Waals surface area contributed by atoms with E-state index in [0.29, 0.717) is 12.8 Å². The lowest BCUT2D eigenvalue weighted by Gasteiger charge is -2.19. The summed E-state index contributed by atoms with van der Waals surface area (Å²) < 4.78 is 13.2. The minimum atomic E-state index is -0.215. The first-order valence-corrected chi connectivity index (χ1v) is 9.91. The van der Waals surface area contributed by atoms with Crippen molar-refractivity contribution >= 4 is 16.7 Å². The summed E-state index contributed by atoms with van der Waals surface area (Å²) in [5.74, 6) is 1.34. The molecule has 0 saturated heterocycles. The molecule has 5 nitrogen and oxygen atoms in total. The second-order valence-electron chi connectivity index (χ2n) is 7.29. The number of nitrogens with zero attached hydrogens (tertiary/aromatic N) is 2. The zero-order valence-corrected chi connectivity index (χ0v) is 17.4. The number of aryl methyl sites for hydroxylation is 1. The van der Waals surface area contributed by atoms with Gasteiger partial charge in [0.1, 0.15) is 5.75 Å². The lowest BCUT2D eigenvalue weighted by atomic mass is 9.97. The number of ether oxygens (including phenoxy) is 2. The van der Waals surface area contributed by atoms with E-state index in [2.05, 4.69) is 36.2 Å². The van der Waals surface area contributed by atoms with Gasteiger partial charge in [-0.2, -0.15) is 0 Å². The van der Waals surface area contributed by atoms with Gasteiger partial charge in [0.25, 0.3) is 0 Å². The van der Waals surface area contributed by atoms with E-state index in [4.69, 9.17) is 9.47 Å². The second kappa shape index (κ2) is 8.41. The van der Waals surface area contributed by atoms with Crippen molar-refractivity contribution in [2.24, 2.45) is 0 Å². The van der Waals surface area contributed by atoms with Gasteiger partial charge in [-0.1, -0.05) is 30.3 Å². The first-order chi connectivity index (χ1) is 14.6. The molecule has 4 aromatic rings. The second-order valence-corrected chi connectivity index (χ2v) is 7.29. The zero-order chi connectivity index (χ0) is 21.1. The summed E-state index contributed by atoms with van der Waals surface area (Å²) >= 11 is 0. The van der Waals surface area contributed by atoms with Crippen LogP contribution >= 0.6 is 0 Å². The van der Waals surface area contributed by atoms with Crippen LogP contribution in [0.4, 0.5) is 0 Å². The Bertz CT molecular complexity index is 1200. The third-order valence-electron chi connectivity index (χ3n) is 5.48. The van der Waals surface area contributed by atoms with Gasteiger partial charge in [-0.05, 0) is 65.9 Å². The van der Waals surface area contributed by atoms with Gasteiger partial charge in [0, 0.05) is 18.8 Å². The predicted molar refractivity (Wildman–Crippen MR) is 117 cm³/mol. The summed E-state index contributed by atoms with van der Waals surface area (Å²) in [6, 6.07) is 16.4. The molecule has 0 bridgehead atoms. The maximum atomic E-state index is 11.6. The number of rotatable bonds is 6. The Morgan fingerprint density at radius 1 is 1.03 bits per heavy atom. The molecule has 0 aliphatic rings. The molecule has 3 aromatic carbocycles. The standard InChI is InChI=1S/C25H24N2O3/c1-17-18(2)25(30-22-10-8-19-6-4-5-7-21(19)14-22)23(27-13-12-26-16-27)15-20(17)9-11-24(28)29-3/h4-8,10,12-16H,9,11H2,1-3H3. The Hall–Kier alpha value is -3.60. The topological polar surface area (TPSA) is 53.4 Å². The molecule has 4 rings (SSSR count). The van der Waals surface area contributed by atoms with Gasteiger partial charge in [0.05, 0.1) is 19.1 Å². The van der Waals surface area contributed by atoms with Gasteiger partial charge < -0.3 is 14.0 Å². The molecule has 0 saturated carbocycles. The van der Waals surface area contributed by atoms with Crippen LogP contribution in [-0.4, -0.2) is 22.6 Å². The molecule has 30 heavy (non-hydrogen) atoms. The van der Waals surface area contributed by atoms with Crippen molar-refractivity contribution in [3.05, 3.63) is 83.9 Å². The molecule has 0 fully saturated rings. The molecule has 0 unspecified atom stereocenters. The van der Waals surface area contributed by atoms with Crippen LogP contribution in [0.15, 0.2) is 67.3 Å². The predicted octanol–water partition coefficient (Wildman–Crippen LogP) is 5.54. The van der Waals surface area contributed by atoms with Gasteiger partial charge in [0.2, 0.25) is 0 Å². The van der Waals surface area contributed by atoms with Gasteiger partial charge in [-0.25, -0.2) is 4.98 Å². The Morgan fingerprint density at radius 2 is 1.83 bits per heavy atom. The fourth-order valence-corrected chi connectivity index (χ4v) is 3.61. The maximum Gasteiger partial charge on any atom is 0.305 e. The largest absolute Gasteiger partial charge is 0.469 e. The normalized spacial score (nSPS) is 10.9. The number of esters is 1. The number of methoxy groups -OCH3 is 1. The van der Waals surface area contributed by atoms with Crippen LogP contribution in [0, 0.1) is 13.8 Å². The summed E-state index contributed by atoms with van der Waals surface area (Å²) in [6.45, 7) is 4.11. The Labute approximate surface area is 175 Å². The van der Waals surface area contributed by atoms with Crippen molar-refractivity contribution in [3.63, 3.8) is 0 Å². The first kappa shape index (κ1) is 19.7. The Morgan fingerprint density at radius 3 is 2.57 bits per heavy atom. The molecule has 0 aliphatic heterocycles. The van der Waals surface area contributed by atoms with Crippen molar-refractivity contribution in [2.45, 2.75) is 26.7 Å². The van der Waals surface area contributed by atoms with E-state index >= 15 is 0 Å². The highest BCUT2D eigenvalue weighted by Gasteiger charge is 2.17. The monoisotopic (exact) mass is 400 g/mol. The van der Waals surface area contributed by atoms with E-state index in [0.717, 1.165) is 39.3 Å². The lowest BCUT2D eigenvalue weighted by Crippen LogP contribution is -2.06. The minimum absolute atomic E-state index is 0.215. The van der Waals surface area contributed by atoms with E-state index in [1.54, 1.807) is 12.5 Å². The van der Waals surface area contributed by atoms with Crippen LogP contribution in [0.3, 0.4) is 0 Å².